The van der Waals surface area contributed by atoms with Crippen molar-refractivity contribution in [3.8, 4) is 0 Å². The van der Waals surface area contributed by atoms with E-state index in [0.29, 0.717) is 12.3 Å². The summed E-state index contributed by atoms with van der Waals surface area (Å²) in [5, 5.41) is 0. The molecule has 4 heteroatoms. The van der Waals surface area contributed by atoms with Gasteiger partial charge in [0.15, 0.2) is 0 Å². The van der Waals surface area contributed by atoms with Gasteiger partial charge in [-0.3, -0.25) is 4.79 Å². The van der Waals surface area contributed by atoms with Crippen molar-refractivity contribution in [2.75, 3.05) is 10.7 Å². The normalized spacial score (nSPS) is 10.4. The molecule has 0 aromatic heterocycles. The third kappa shape index (κ3) is 5.21. The standard InChI is InChI=1S/C21H18BrNOS/c22-18-11-13-20(14-12-18)25-16-21(24)23(19-9-5-2-6-10-19)15-17-7-3-1-4-8-17/h1-14H,15-16H2. The van der Waals surface area contributed by atoms with Gasteiger partial charge in [-0.15, -0.1) is 11.8 Å². The van der Waals surface area contributed by atoms with E-state index in [1.807, 2.05) is 89.8 Å². The highest BCUT2D eigenvalue weighted by molar-refractivity contribution is 9.10. The van der Waals surface area contributed by atoms with E-state index >= 15 is 0 Å². The maximum atomic E-state index is 12.9. The number of anilines is 1. The molecule has 0 spiro atoms. The van der Waals surface area contributed by atoms with Crippen molar-refractivity contribution in [2.45, 2.75) is 11.4 Å². The molecule has 3 aromatic carbocycles. The van der Waals surface area contributed by atoms with Gasteiger partial charge >= 0.3 is 0 Å². The fourth-order valence-electron chi connectivity index (χ4n) is 2.45. The Bertz CT molecular complexity index is 806. The molecular weight excluding hydrogens is 394 g/mol. The van der Waals surface area contributed by atoms with E-state index in [1.165, 1.54) is 0 Å². The summed E-state index contributed by atoms with van der Waals surface area (Å²) >= 11 is 4.99. The highest BCUT2D eigenvalue weighted by atomic mass is 79.9. The lowest BCUT2D eigenvalue weighted by atomic mass is 10.2. The Morgan fingerprint density at radius 1 is 0.840 bits per heavy atom. The summed E-state index contributed by atoms with van der Waals surface area (Å²) in [5.41, 5.74) is 2.04. The molecule has 0 saturated heterocycles. The van der Waals surface area contributed by atoms with Crippen LogP contribution in [0.25, 0.3) is 0 Å². The molecule has 0 bridgehead atoms. The van der Waals surface area contributed by atoms with Gasteiger partial charge in [0.1, 0.15) is 0 Å². The zero-order valence-corrected chi connectivity index (χ0v) is 16.0. The first-order valence-corrected chi connectivity index (χ1v) is 9.78. The van der Waals surface area contributed by atoms with Crippen molar-refractivity contribution in [1.82, 2.24) is 0 Å². The minimum Gasteiger partial charge on any atom is -0.307 e. The minimum absolute atomic E-state index is 0.1000. The summed E-state index contributed by atoms with van der Waals surface area (Å²) < 4.78 is 1.04. The number of rotatable bonds is 6. The van der Waals surface area contributed by atoms with Crippen LogP contribution in [-0.4, -0.2) is 11.7 Å². The van der Waals surface area contributed by atoms with Crippen molar-refractivity contribution in [1.29, 1.82) is 0 Å². The van der Waals surface area contributed by atoms with Crippen LogP contribution in [0.5, 0.6) is 0 Å². The van der Waals surface area contributed by atoms with Crippen molar-refractivity contribution >= 4 is 39.3 Å². The topological polar surface area (TPSA) is 20.3 Å². The average Bonchev–Trinajstić information content (AvgIpc) is 2.67. The van der Waals surface area contributed by atoms with Crippen LogP contribution in [0.2, 0.25) is 0 Å². The molecule has 0 radical (unpaired) electrons. The lowest BCUT2D eigenvalue weighted by Crippen LogP contribution is -2.31. The van der Waals surface area contributed by atoms with Crippen LogP contribution in [0.1, 0.15) is 5.56 Å². The summed E-state index contributed by atoms with van der Waals surface area (Å²) in [6.07, 6.45) is 0. The second-order valence-electron chi connectivity index (χ2n) is 5.54. The first-order chi connectivity index (χ1) is 12.2. The monoisotopic (exact) mass is 411 g/mol. The van der Waals surface area contributed by atoms with E-state index < -0.39 is 0 Å². The summed E-state index contributed by atoms with van der Waals surface area (Å²) in [5.74, 6) is 0.506. The van der Waals surface area contributed by atoms with E-state index in [1.54, 1.807) is 11.8 Å². The first-order valence-electron chi connectivity index (χ1n) is 8.00. The highest BCUT2D eigenvalue weighted by Gasteiger charge is 2.16. The molecule has 0 aliphatic heterocycles. The van der Waals surface area contributed by atoms with Crippen LogP contribution >= 0.6 is 27.7 Å². The molecule has 3 aromatic rings. The Hall–Kier alpha value is -2.04. The predicted molar refractivity (Wildman–Crippen MR) is 109 cm³/mol. The predicted octanol–water partition coefficient (Wildman–Crippen LogP) is 5.77. The molecule has 0 aliphatic rings. The Balaban J connectivity index is 1.74. The number of hydrogen-bond donors (Lipinski definition) is 0. The zero-order chi connectivity index (χ0) is 17.5. The van der Waals surface area contributed by atoms with Gasteiger partial charge in [0.05, 0.1) is 12.3 Å². The third-order valence-corrected chi connectivity index (χ3v) is 5.25. The smallest absolute Gasteiger partial charge is 0.237 e. The third-order valence-electron chi connectivity index (χ3n) is 3.73. The minimum atomic E-state index is 0.1000. The Kier molecular flexibility index (Phi) is 6.31. The van der Waals surface area contributed by atoms with E-state index in [0.717, 1.165) is 20.6 Å². The average molecular weight is 412 g/mol. The Morgan fingerprint density at radius 3 is 2.08 bits per heavy atom. The molecule has 1 amide bonds. The van der Waals surface area contributed by atoms with Crippen LogP contribution in [0.3, 0.4) is 0 Å². The number of para-hydroxylation sites is 1. The number of carbonyl (C=O) groups excluding carboxylic acids is 1. The van der Waals surface area contributed by atoms with Crippen molar-refractivity contribution in [3.05, 3.63) is 95.0 Å². The van der Waals surface area contributed by atoms with Gasteiger partial charge in [-0.2, -0.15) is 0 Å². The molecule has 0 heterocycles. The summed E-state index contributed by atoms with van der Waals surface area (Å²) in [6.45, 7) is 0.574. The molecule has 25 heavy (non-hydrogen) atoms. The fraction of sp³-hybridized carbons (Fsp3) is 0.0952. The van der Waals surface area contributed by atoms with Crippen molar-refractivity contribution in [3.63, 3.8) is 0 Å². The quantitative estimate of drug-likeness (QED) is 0.479. The molecule has 0 fully saturated rings. The molecule has 0 N–H and O–H groups in total. The van der Waals surface area contributed by atoms with E-state index in [2.05, 4.69) is 15.9 Å². The van der Waals surface area contributed by atoms with Crippen molar-refractivity contribution in [2.24, 2.45) is 0 Å². The van der Waals surface area contributed by atoms with Gasteiger partial charge in [-0.05, 0) is 42.0 Å². The summed E-state index contributed by atoms with van der Waals surface area (Å²) in [7, 11) is 0. The largest absolute Gasteiger partial charge is 0.307 e. The molecule has 0 aliphatic carbocycles. The number of halogens is 1. The van der Waals surface area contributed by atoms with Crippen LogP contribution in [0, 0.1) is 0 Å². The van der Waals surface area contributed by atoms with Crippen LogP contribution in [0.4, 0.5) is 5.69 Å². The fourth-order valence-corrected chi connectivity index (χ4v) is 3.49. The van der Waals surface area contributed by atoms with Gasteiger partial charge in [-0.25, -0.2) is 0 Å². The van der Waals surface area contributed by atoms with Crippen molar-refractivity contribution < 1.29 is 4.79 Å². The van der Waals surface area contributed by atoms with E-state index in [9.17, 15) is 4.79 Å². The molecular formula is C21H18BrNOS. The van der Waals surface area contributed by atoms with E-state index in [-0.39, 0.29) is 5.91 Å². The molecule has 0 unspecified atom stereocenters. The maximum Gasteiger partial charge on any atom is 0.237 e. The Labute approximate surface area is 161 Å². The zero-order valence-electron chi connectivity index (χ0n) is 13.6. The number of benzene rings is 3. The SMILES string of the molecule is O=C(CSc1ccc(Br)cc1)N(Cc1ccccc1)c1ccccc1. The maximum absolute atomic E-state index is 12.9. The Morgan fingerprint density at radius 2 is 1.44 bits per heavy atom. The second-order valence-corrected chi connectivity index (χ2v) is 7.51. The van der Waals surface area contributed by atoms with Crippen LogP contribution in [-0.2, 0) is 11.3 Å². The number of thioether (sulfide) groups is 1. The summed E-state index contributed by atoms with van der Waals surface area (Å²) in [6, 6.07) is 27.9. The molecule has 0 atom stereocenters. The highest BCUT2D eigenvalue weighted by Crippen LogP contribution is 2.23. The van der Waals surface area contributed by atoms with E-state index in [4.69, 9.17) is 0 Å². The lowest BCUT2D eigenvalue weighted by molar-refractivity contribution is -0.116. The molecule has 126 valence electrons. The van der Waals surface area contributed by atoms with Gasteiger partial charge in [-0.1, -0.05) is 64.5 Å². The summed E-state index contributed by atoms with van der Waals surface area (Å²) in [4.78, 5) is 15.8. The molecule has 3 rings (SSSR count). The van der Waals surface area contributed by atoms with Gasteiger partial charge in [0.25, 0.3) is 0 Å². The van der Waals surface area contributed by atoms with Gasteiger partial charge in [0.2, 0.25) is 5.91 Å². The number of nitrogens with zero attached hydrogens (tertiary/aromatic N) is 1. The van der Waals surface area contributed by atoms with Crippen LogP contribution < -0.4 is 4.90 Å². The second kappa shape index (κ2) is 8.88. The van der Waals surface area contributed by atoms with Gasteiger partial charge in [0, 0.05) is 15.1 Å². The molecule has 0 saturated carbocycles. The number of amides is 1. The number of carbonyl (C=O) groups is 1. The number of hydrogen-bond acceptors (Lipinski definition) is 2. The molecule has 2 nitrogen and oxygen atoms in total. The van der Waals surface area contributed by atoms with Crippen LogP contribution in [0.15, 0.2) is 94.3 Å². The lowest BCUT2D eigenvalue weighted by Gasteiger charge is -2.23. The first kappa shape index (κ1) is 17.8. The van der Waals surface area contributed by atoms with Gasteiger partial charge < -0.3 is 4.90 Å².